The summed E-state index contributed by atoms with van der Waals surface area (Å²) in [4.78, 5) is 8.12. The Morgan fingerprint density at radius 2 is 2.33 bits per heavy atom. The molecule has 0 aromatic carbocycles. The SMILES string of the molecule is CCOCCN(CC)c1ncc(CNC2CC2)s1. The van der Waals surface area contributed by atoms with Crippen molar-refractivity contribution in [3.63, 3.8) is 0 Å². The molecule has 1 N–H and O–H groups in total. The van der Waals surface area contributed by atoms with Gasteiger partial charge in [0.2, 0.25) is 0 Å². The zero-order valence-corrected chi connectivity index (χ0v) is 12.1. The van der Waals surface area contributed by atoms with Crippen molar-refractivity contribution in [2.75, 3.05) is 31.2 Å². The van der Waals surface area contributed by atoms with Crippen LogP contribution in [0.5, 0.6) is 0 Å². The third-order valence-corrected chi connectivity index (χ3v) is 4.10. The smallest absolute Gasteiger partial charge is 0.185 e. The Balaban J connectivity index is 1.81. The van der Waals surface area contributed by atoms with Gasteiger partial charge in [-0.1, -0.05) is 0 Å². The Kier molecular flexibility index (Phi) is 5.41. The van der Waals surface area contributed by atoms with E-state index in [1.165, 1.54) is 17.7 Å². The van der Waals surface area contributed by atoms with Gasteiger partial charge >= 0.3 is 0 Å². The Hall–Kier alpha value is -0.650. The van der Waals surface area contributed by atoms with Crippen molar-refractivity contribution in [3.8, 4) is 0 Å². The van der Waals surface area contributed by atoms with E-state index in [1.807, 2.05) is 13.1 Å². The highest BCUT2D eigenvalue weighted by Crippen LogP contribution is 2.24. The van der Waals surface area contributed by atoms with Crippen LogP contribution in [0.2, 0.25) is 0 Å². The van der Waals surface area contributed by atoms with Gasteiger partial charge in [0.05, 0.1) is 6.61 Å². The van der Waals surface area contributed by atoms with E-state index in [2.05, 4.69) is 22.1 Å². The Bertz CT molecular complexity index is 352. The molecule has 0 atom stereocenters. The molecule has 102 valence electrons. The predicted molar refractivity (Wildman–Crippen MR) is 76.4 cm³/mol. The van der Waals surface area contributed by atoms with Crippen molar-refractivity contribution >= 4 is 16.5 Å². The van der Waals surface area contributed by atoms with E-state index >= 15 is 0 Å². The number of hydrogen-bond acceptors (Lipinski definition) is 5. The van der Waals surface area contributed by atoms with Gasteiger partial charge in [0, 0.05) is 43.4 Å². The van der Waals surface area contributed by atoms with Gasteiger partial charge in [-0.3, -0.25) is 0 Å². The van der Waals surface area contributed by atoms with E-state index in [4.69, 9.17) is 4.74 Å². The summed E-state index contributed by atoms with van der Waals surface area (Å²) >= 11 is 1.79. The topological polar surface area (TPSA) is 37.4 Å². The molecule has 5 heteroatoms. The van der Waals surface area contributed by atoms with Gasteiger partial charge in [-0.05, 0) is 26.7 Å². The molecule has 1 saturated carbocycles. The summed E-state index contributed by atoms with van der Waals surface area (Å²) in [5.74, 6) is 0. The summed E-state index contributed by atoms with van der Waals surface area (Å²) in [5.41, 5.74) is 0. The molecule has 0 radical (unpaired) electrons. The van der Waals surface area contributed by atoms with Crippen LogP contribution < -0.4 is 10.2 Å². The lowest BCUT2D eigenvalue weighted by atomic mass is 10.5. The number of aromatic nitrogens is 1. The second-order valence-corrected chi connectivity index (χ2v) is 5.63. The van der Waals surface area contributed by atoms with E-state index in [-0.39, 0.29) is 0 Å². The lowest BCUT2D eigenvalue weighted by Crippen LogP contribution is -2.26. The average molecular weight is 269 g/mol. The number of likely N-dealkylation sites (N-methyl/N-ethyl adjacent to an activating group) is 1. The molecule has 0 bridgehead atoms. The zero-order chi connectivity index (χ0) is 12.8. The van der Waals surface area contributed by atoms with Crippen molar-refractivity contribution in [2.45, 2.75) is 39.3 Å². The average Bonchev–Trinajstić information content (AvgIpc) is 3.10. The molecular weight excluding hydrogens is 246 g/mol. The van der Waals surface area contributed by atoms with Gasteiger partial charge in [-0.15, -0.1) is 11.3 Å². The molecule has 1 fully saturated rings. The van der Waals surface area contributed by atoms with Gasteiger partial charge in [0.1, 0.15) is 0 Å². The van der Waals surface area contributed by atoms with Crippen LogP contribution in [-0.2, 0) is 11.3 Å². The third-order valence-electron chi connectivity index (χ3n) is 3.05. The van der Waals surface area contributed by atoms with Crippen LogP contribution in [-0.4, -0.2) is 37.3 Å². The lowest BCUT2D eigenvalue weighted by molar-refractivity contribution is 0.154. The molecule has 1 heterocycles. The van der Waals surface area contributed by atoms with E-state index in [9.17, 15) is 0 Å². The first-order chi connectivity index (χ1) is 8.83. The Morgan fingerprint density at radius 3 is 3.00 bits per heavy atom. The zero-order valence-electron chi connectivity index (χ0n) is 11.3. The fourth-order valence-electron chi connectivity index (χ4n) is 1.77. The molecule has 18 heavy (non-hydrogen) atoms. The lowest BCUT2D eigenvalue weighted by Gasteiger charge is -2.19. The van der Waals surface area contributed by atoms with E-state index in [0.717, 1.165) is 44.0 Å². The molecule has 1 aliphatic carbocycles. The first-order valence-electron chi connectivity index (χ1n) is 6.84. The largest absolute Gasteiger partial charge is 0.380 e. The van der Waals surface area contributed by atoms with Gasteiger partial charge in [-0.2, -0.15) is 0 Å². The molecule has 2 rings (SSSR count). The van der Waals surface area contributed by atoms with Crippen LogP contribution in [0, 0.1) is 0 Å². The summed E-state index contributed by atoms with van der Waals surface area (Å²) in [6.45, 7) is 8.62. The molecule has 0 aliphatic heterocycles. The minimum atomic E-state index is 0.760. The van der Waals surface area contributed by atoms with Gasteiger partial charge < -0.3 is 15.0 Å². The molecule has 1 aromatic rings. The maximum Gasteiger partial charge on any atom is 0.185 e. The number of rotatable bonds is 9. The summed E-state index contributed by atoms with van der Waals surface area (Å²) in [6, 6.07) is 0.760. The summed E-state index contributed by atoms with van der Waals surface area (Å²) in [7, 11) is 0. The third kappa shape index (κ3) is 4.23. The monoisotopic (exact) mass is 269 g/mol. The number of ether oxygens (including phenoxy) is 1. The van der Waals surface area contributed by atoms with Crippen LogP contribution >= 0.6 is 11.3 Å². The minimum absolute atomic E-state index is 0.760. The van der Waals surface area contributed by atoms with Crippen LogP contribution in [0.25, 0.3) is 0 Å². The maximum atomic E-state index is 5.40. The molecular formula is C13H23N3OS. The van der Waals surface area contributed by atoms with Gasteiger partial charge in [0.15, 0.2) is 5.13 Å². The number of nitrogens with one attached hydrogen (secondary N) is 1. The van der Waals surface area contributed by atoms with Crippen molar-refractivity contribution in [3.05, 3.63) is 11.1 Å². The fourth-order valence-corrected chi connectivity index (χ4v) is 2.72. The van der Waals surface area contributed by atoms with Crippen LogP contribution in [0.1, 0.15) is 31.6 Å². The van der Waals surface area contributed by atoms with Gasteiger partial charge in [0.25, 0.3) is 0 Å². The molecule has 0 unspecified atom stereocenters. The molecule has 1 aromatic heterocycles. The molecule has 0 saturated heterocycles. The van der Waals surface area contributed by atoms with Crippen LogP contribution in [0.15, 0.2) is 6.20 Å². The van der Waals surface area contributed by atoms with E-state index in [1.54, 1.807) is 11.3 Å². The minimum Gasteiger partial charge on any atom is -0.380 e. The van der Waals surface area contributed by atoms with Crippen molar-refractivity contribution in [1.82, 2.24) is 10.3 Å². The number of nitrogens with zero attached hydrogens (tertiary/aromatic N) is 2. The van der Waals surface area contributed by atoms with Crippen LogP contribution in [0.4, 0.5) is 5.13 Å². The Morgan fingerprint density at radius 1 is 1.50 bits per heavy atom. The first kappa shape index (κ1) is 13.8. The molecule has 0 spiro atoms. The standard InChI is InChI=1S/C13H23N3OS/c1-3-16(7-8-17-4-2)13-15-10-12(18-13)9-14-11-5-6-11/h10-11,14H,3-9H2,1-2H3. The highest BCUT2D eigenvalue weighted by Gasteiger charge is 2.20. The molecule has 1 aliphatic rings. The molecule has 0 amide bonds. The van der Waals surface area contributed by atoms with E-state index < -0.39 is 0 Å². The summed E-state index contributed by atoms with van der Waals surface area (Å²) in [5, 5.41) is 4.64. The highest BCUT2D eigenvalue weighted by molar-refractivity contribution is 7.15. The maximum absolute atomic E-state index is 5.40. The van der Waals surface area contributed by atoms with Gasteiger partial charge in [-0.25, -0.2) is 4.98 Å². The van der Waals surface area contributed by atoms with Crippen molar-refractivity contribution < 1.29 is 4.74 Å². The van der Waals surface area contributed by atoms with E-state index in [0.29, 0.717) is 0 Å². The number of thiazole rings is 1. The second-order valence-electron chi connectivity index (χ2n) is 4.54. The Labute approximate surface area is 113 Å². The first-order valence-corrected chi connectivity index (χ1v) is 7.66. The normalized spacial score (nSPS) is 15.0. The highest BCUT2D eigenvalue weighted by atomic mass is 32.1. The number of hydrogen-bond donors (Lipinski definition) is 1. The molecule has 4 nitrogen and oxygen atoms in total. The van der Waals surface area contributed by atoms with Crippen molar-refractivity contribution in [2.24, 2.45) is 0 Å². The second kappa shape index (κ2) is 7.07. The summed E-state index contributed by atoms with van der Waals surface area (Å²) in [6.07, 6.45) is 4.67. The van der Waals surface area contributed by atoms with Crippen molar-refractivity contribution in [1.29, 1.82) is 0 Å². The number of anilines is 1. The quantitative estimate of drug-likeness (QED) is 0.698. The fraction of sp³-hybridized carbons (Fsp3) is 0.769. The summed E-state index contributed by atoms with van der Waals surface area (Å²) < 4.78 is 5.40. The van der Waals surface area contributed by atoms with Crippen LogP contribution in [0.3, 0.4) is 0 Å². The predicted octanol–water partition coefficient (Wildman–Crippen LogP) is 2.26.